The van der Waals surface area contributed by atoms with Crippen molar-refractivity contribution in [3.05, 3.63) is 47.6 Å². The Bertz CT molecular complexity index is 596. The second-order valence-electron chi connectivity index (χ2n) is 5.82. The van der Waals surface area contributed by atoms with Crippen LogP contribution in [-0.2, 0) is 13.0 Å². The number of halogens is 1. The molecule has 0 spiro atoms. The Labute approximate surface area is 130 Å². The second kappa shape index (κ2) is 6.92. The van der Waals surface area contributed by atoms with E-state index in [0.29, 0.717) is 12.6 Å². The maximum Gasteiger partial charge on any atom is 0.150 e. The third-order valence-electron chi connectivity index (χ3n) is 4.06. The van der Waals surface area contributed by atoms with E-state index in [2.05, 4.69) is 22.3 Å². The summed E-state index contributed by atoms with van der Waals surface area (Å²) in [6.07, 6.45) is 3.12. The van der Waals surface area contributed by atoms with Crippen molar-refractivity contribution in [2.45, 2.75) is 38.8 Å². The summed E-state index contributed by atoms with van der Waals surface area (Å²) >= 11 is 0. The minimum absolute atomic E-state index is 0.189. The van der Waals surface area contributed by atoms with Crippen LogP contribution < -0.4 is 10.2 Å². The van der Waals surface area contributed by atoms with Gasteiger partial charge in [-0.1, -0.05) is 18.5 Å². The molecule has 3 rings (SSSR count). The minimum atomic E-state index is -0.189. The summed E-state index contributed by atoms with van der Waals surface area (Å²) in [6, 6.07) is 9.16. The molecule has 1 fully saturated rings. The van der Waals surface area contributed by atoms with E-state index in [0.717, 1.165) is 49.5 Å². The number of nitrogens with one attached hydrogen (secondary N) is 1. The molecule has 4 nitrogen and oxygen atoms in total. The van der Waals surface area contributed by atoms with Crippen LogP contribution in [0.4, 0.5) is 10.1 Å². The molecule has 118 valence electrons. The fourth-order valence-corrected chi connectivity index (χ4v) is 2.87. The average molecular weight is 303 g/mol. The van der Waals surface area contributed by atoms with Crippen LogP contribution in [0.1, 0.15) is 31.2 Å². The first-order valence-electron chi connectivity index (χ1n) is 7.93. The Hall–Kier alpha value is -1.88. The van der Waals surface area contributed by atoms with Gasteiger partial charge in [-0.2, -0.15) is 0 Å². The van der Waals surface area contributed by atoms with Gasteiger partial charge in [0, 0.05) is 30.9 Å². The SMILES string of the molecule is CCCc1cc(CN[C@H]2CCN(c3ccc(F)cc3)C2)on1. The highest BCUT2D eigenvalue weighted by molar-refractivity contribution is 5.47. The van der Waals surface area contributed by atoms with E-state index in [-0.39, 0.29) is 5.82 Å². The molecule has 1 aliphatic rings. The van der Waals surface area contributed by atoms with Gasteiger partial charge in [-0.05, 0) is 37.1 Å². The molecule has 2 aromatic rings. The van der Waals surface area contributed by atoms with Gasteiger partial charge in [-0.3, -0.25) is 0 Å². The van der Waals surface area contributed by atoms with Gasteiger partial charge >= 0.3 is 0 Å². The van der Waals surface area contributed by atoms with Gasteiger partial charge in [0.15, 0.2) is 5.76 Å². The molecule has 0 unspecified atom stereocenters. The summed E-state index contributed by atoms with van der Waals surface area (Å²) in [7, 11) is 0. The minimum Gasteiger partial charge on any atom is -0.370 e. The van der Waals surface area contributed by atoms with Crippen molar-refractivity contribution >= 4 is 5.69 Å². The second-order valence-corrected chi connectivity index (χ2v) is 5.82. The van der Waals surface area contributed by atoms with E-state index in [1.54, 1.807) is 0 Å². The smallest absolute Gasteiger partial charge is 0.150 e. The van der Waals surface area contributed by atoms with Crippen molar-refractivity contribution in [3.8, 4) is 0 Å². The normalized spacial score (nSPS) is 18.1. The number of nitrogens with zero attached hydrogens (tertiary/aromatic N) is 2. The molecule has 0 amide bonds. The summed E-state index contributed by atoms with van der Waals surface area (Å²) in [6.45, 7) is 4.76. The van der Waals surface area contributed by atoms with E-state index in [4.69, 9.17) is 4.52 Å². The van der Waals surface area contributed by atoms with Gasteiger partial charge in [0.25, 0.3) is 0 Å². The van der Waals surface area contributed by atoms with Crippen molar-refractivity contribution in [1.82, 2.24) is 10.5 Å². The van der Waals surface area contributed by atoms with Crippen LogP contribution in [0.15, 0.2) is 34.9 Å². The number of aryl methyl sites for hydroxylation is 1. The number of aromatic nitrogens is 1. The Morgan fingerprint density at radius 3 is 2.95 bits per heavy atom. The van der Waals surface area contributed by atoms with Crippen molar-refractivity contribution in [1.29, 1.82) is 0 Å². The predicted molar refractivity (Wildman–Crippen MR) is 84.4 cm³/mol. The summed E-state index contributed by atoms with van der Waals surface area (Å²) in [5.74, 6) is 0.703. The van der Waals surface area contributed by atoms with E-state index in [9.17, 15) is 4.39 Å². The lowest BCUT2D eigenvalue weighted by molar-refractivity contribution is 0.360. The molecule has 0 radical (unpaired) electrons. The van der Waals surface area contributed by atoms with Crippen molar-refractivity contribution < 1.29 is 8.91 Å². The molecule has 1 saturated heterocycles. The fourth-order valence-electron chi connectivity index (χ4n) is 2.87. The van der Waals surface area contributed by atoms with Crippen molar-refractivity contribution in [2.75, 3.05) is 18.0 Å². The summed E-state index contributed by atoms with van der Waals surface area (Å²) in [5, 5.41) is 7.58. The van der Waals surface area contributed by atoms with Gasteiger partial charge in [0.1, 0.15) is 5.82 Å². The Morgan fingerprint density at radius 1 is 1.36 bits per heavy atom. The molecule has 1 aromatic heterocycles. The van der Waals surface area contributed by atoms with Crippen LogP contribution in [0.5, 0.6) is 0 Å². The molecule has 1 atom stereocenters. The molecule has 1 N–H and O–H groups in total. The quantitative estimate of drug-likeness (QED) is 0.890. The predicted octanol–water partition coefficient (Wildman–Crippen LogP) is 3.13. The lowest BCUT2D eigenvalue weighted by Gasteiger charge is -2.18. The van der Waals surface area contributed by atoms with Crippen LogP contribution in [0.3, 0.4) is 0 Å². The van der Waals surface area contributed by atoms with Gasteiger partial charge in [-0.15, -0.1) is 0 Å². The summed E-state index contributed by atoms with van der Waals surface area (Å²) in [4.78, 5) is 2.28. The summed E-state index contributed by atoms with van der Waals surface area (Å²) < 4.78 is 18.3. The Balaban J connectivity index is 1.49. The zero-order chi connectivity index (χ0) is 15.4. The highest BCUT2D eigenvalue weighted by Gasteiger charge is 2.22. The number of anilines is 1. The third kappa shape index (κ3) is 3.65. The van der Waals surface area contributed by atoms with E-state index >= 15 is 0 Å². The number of rotatable bonds is 6. The lowest BCUT2D eigenvalue weighted by atomic mass is 10.2. The first-order valence-corrected chi connectivity index (χ1v) is 7.93. The third-order valence-corrected chi connectivity index (χ3v) is 4.06. The van der Waals surface area contributed by atoms with E-state index in [1.165, 1.54) is 12.1 Å². The zero-order valence-electron chi connectivity index (χ0n) is 12.9. The van der Waals surface area contributed by atoms with Crippen LogP contribution in [0.25, 0.3) is 0 Å². The molecule has 0 bridgehead atoms. The molecular formula is C17H22FN3O. The van der Waals surface area contributed by atoms with Crippen molar-refractivity contribution in [2.24, 2.45) is 0 Å². The first-order chi connectivity index (χ1) is 10.7. The maximum atomic E-state index is 13.0. The molecule has 0 aliphatic carbocycles. The highest BCUT2D eigenvalue weighted by Crippen LogP contribution is 2.20. The van der Waals surface area contributed by atoms with E-state index in [1.807, 2.05) is 18.2 Å². The summed E-state index contributed by atoms with van der Waals surface area (Å²) in [5.41, 5.74) is 2.11. The lowest BCUT2D eigenvalue weighted by Crippen LogP contribution is -2.32. The molecule has 1 aromatic carbocycles. The molecule has 1 aliphatic heterocycles. The monoisotopic (exact) mass is 303 g/mol. The largest absolute Gasteiger partial charge is 0.370 e. The van der Waals surface area contributed by atoms with Crippen molar-refractivity contribution in [3.63, 3.8) is 0 Å². The number of hydrogen-bond donors (Lipinski definition) is 1. The first kappa shape index (κ1) is 15.0. The fraction of sp³-hybridized carbons (Fsp3) is 0.471. The Kier molecular flexibility index (Phi) is 4.73. The van der Waals surface area contributed by atoms with Gasteiger partial charge in [-0.25, -0.2) is 4.39 Å². The maximum absolute atomic E-state index is 13.0. The van der Waals surface area contributed by atoms with Crippen LogP contribution in [0, 0.1) is 5.82 Å². The van der Waals surface area contributed by atoms with Crippen LogP contribution in [-0.4, -0.2) is 24.3 Å². The van der Waals surface area contributed by atoms with Crippen LogP contribution >= 0.6 is 0 Å². The van der Waals surface area contributed by atoms with Gasteiger partial charge < -0.3 is 14.7 Å². The van der Waals surface area contributed by atoms with Gasteiger partial charge in [0.2, 0.25) is 0 Å². The van der Waals surface area contributed by atoms with Gasteiger partial charge in [0.05, 0.1) is 12.2 Å². The highest BCUT2D eigenvalue weighted by atomic mass is 19.1. The number of benzene rings is 1. The molecule has 2 heterocycles. The average Bonchev–Trinajstić information content (AvgIpc) is 3.16. The number of hydrogen-bond acceptors (Lipinski definition) is 4. The van der Waals surface area contributed by atoms with Crippen LogP contribution in [0.2, 0.25) is 0 Å². The Morgan fingerprint density at radius 2 is 2.18 bits per heavy atom. The molecule has 5 heteroatoms. The zero-order valence-corrected chi connectivity index (χ0v) is 12.9. The standard InChI is InChI=1S/C17H22FN3O/c1-2-3-14-10-17(22-20-14)11-19-15-8-9-21(12-15)16-6-4-13(18)5-7-16/h4-7,10,15,19H,2-3,8-9,11-12H2,1H3/t15-/m0/s1. The molecule has 22 heavy (non-hydrogen) atoms. The molecular weight excluding hydrogens is 281 g/mol. The topological polar surface area (TPSA) is 41.3 Å². The van der Waals surface area contributed by atoms with E-state index < -0.39 is 0 Å². The molecule has 0 saturated carbocycles.